The molecule has 1 aromatic carbocycles. The molecule has 0 aliphatic rings. The van der Waals surface area contributed by atoms with E-state index in [0.29, 0.717) is 0 Å². The van der Waals surface area contributed by atoms with Crippen LogP contribution in [0.3, 0.4) is 0 Å². The quantitative estimate of drug-likeness (QED) is 0.597. The number of benzene rings is 1. The molecule has 0 radical (unpaired) electrons. The molecule has 4 heteroatoms. The Bertz CT molecular complexity index is 473. The van der Waals surface area contributed by atoms with E-state index in [1.165, 1.54) is 11.3 Å². The molecule has 130 valence electrons. The van der Waals surface area contributed by atoms with Gasteiger partial charge in [0.05, 0.1) is 6.42 Å². The number of anilines is 1. The van der Waals surface area contributed by atoms with Gasteiger partial charge in [-0.1, -0.05) is 51.7 Å². The van der Waals surface area contributed by atoms with Gasteiger partial charge < -0.3 is 10.0 Å². The van der Waals surface area contributed by atoms with Crippen LogP contribution in [0.5, 0.6) is 0 Å². The summed E-state index contributed by atoms with van der Waals surface area (Å²) in [6, 6.07) is 9.63. The van der Waals surface area contributed by atoms with Gasteiger partial charge in [0.25, 0.3) is 0 Å². The molecule has 0 aromatic heterocycles. The monoisotopic (exact) mass is 335 g/mol. The summed E-state index contributed by atoms with van der Waals surface area (Å²) in [5.74, 6) is -0.560. The molecule has 0 saturated heterocycles. The number of nitrogens with zero attached hydrogens (tertiary/aromatic N) is 1. The number of carboxylic acid groups (broad SMARTS) is 1. The molecular formula is C19H33NO2Si. The molecule has 3 nitrogen and oxygen atoms in total. The van der Waals surface area contributed by atoms with Crippen molar-refractivity contribution in [1.82, 2.24) is 0 Å². The van der Waals surface area contributed by atoms with E-state index >= 15 is 0 Å². The summed E-state index contributed by atoms with van der Waals surface area (Å²) in [5.41, 5.74) is 2.42. The number of hydrogen-bond donors (Lipinski definition) is 1. The van der Waals surface area contributed by atoms with E-state index in [1.807, 2.05) is 0 Å². The van der Waals surface area contributed by atoms with Crippen LogP contribution in [0.4, 0.5) is 5.69 Å². The number of aliphatic carboxylic acids is 1. The van der Waals surface area contributed by atoms with Crippen LogP contribution in [0, 0.1) is 0 Å². The van der Waals surface area contributed by atoms with Crippen molar-refractivity contribution in [1.29, 1.82) is 0 Å². The molecule has 1 atom stereocenters. The van der Waals surface area contributed by atoms with Crippen molar-refractivity contribution in [3.8, 4) is 0 Å². The predicted molar refractivity (Wildman–Crippen MR) is 102 cm³/mol. The molecule has 1 N–H and O–H groups in total. The molecule has 23 heavy (non-hydrogen) atoms. The average Bonchev–Trinajstić information content (AvgIpc) is 2.44. The van der Waals surface area contributed by atoms with Gasteiger partial charge in [0.1, 0.15) is 0 Å². The van der Waals surface area contributed by atoms with E-state index in [2.05, 4.69) is 62.7 Å². The van der Waals surface area contributed by atoms with E-state index in [-0.39, 0.29) is 12.3 Å². The van der Waals surface area contributed by atoms with Crippen LogP contribution in [-0.4, -0.2) is 32.2 Å². The number of rotatable bonds is 10. The van der Waals surface area contributed by atoms with Crippen LogP contribution >= 0.6 is 0 Å². The standard InChI is InChI=1S/C19H33NO2Si/c1-6-12-20(13-7-2)18-10-8-16(9-11-18)17(14-19(21)22)15-23(3,4)5/h8-11,17H,6-7,12-15H2,1-5H3,(H,21,22). The first-order valence-corrected chi connectivity index (χ1v) is 12.5. The molecule has 0 bridgehead atoms. The molecule has 0 saturated carbocycles. The summed E-state index contributed by atoms with van der Waals surface area (Å²) in [7, 11) is -1.30. The zero-order valence-corrected chi connectivity index (χ0v) is 16.4. The fourth-order valence-electron chi connectivity index (χ4n) is 3.12. The van der Waals surface area contributed by atoms with Crippen LogP contribution in [0.2, 0.25) is 25.7 Å². The lowest BCUT2D eigenvalue weighted by molar-refractivity contribution is -0.137. The Morgan fingerprint density at radius 2 is 1.61 bits per heavy atom. The summed E-state index contributed by atoms with van der Waals surface area (Å²) in [5, 5.41) is 9.23. The van der Waals surface area contributed by atoms with Gasteiger partial charge in [0.15, 0.2) is 0 Å². The SMILES string of the molecule is CCCN(CCC)c1ccc(C(CC(=O)O)C[Si](C)(C)C)cc1. The van der Waals surface area contributed by atoms with Crippen molar-refractivity contribution < 1.29 is 9.90 Å². The van der Waals surface area contributed by atoms with Gasteiger partial charge >= 0.3 is 5.97 Å². The summed E-state index contributed by atoms with van der Waals surface area (Å²) >= 11 is 0. The molecular weight excluding hydrogens is 302 g/mol. The summed E-state index contributed by atoms with van der Waals surface area (Å²) < 4.78 is 0. The summed E-state index contributed by atoms with van der Waals surface area (Å²) in [6.45, 7) is 13.5. The Morgan fingerprint density at radius 3 is 2.00 bits per heavy atom. The maximum absolute atomic E-state index is 11.2. The maximum atomic E-state index is 11.2. The lowest BCUT2D eigenvalue weighted by Gasteiger charge is -2.26. The second kappa shape index (κ2) is 9.11. The largest absolute Gasteiger partial charge is 0.481 e. The average molecular weight is 336 g/mol. The van der Waals surface area contributed by atoms with E-state index < -0.39 is 14.0 Å². The second-order valence-electron chi connectivity index (χ2n) is 7.64. The van der Waals surface area contributed by atoms with Gasteiger partial charge in [0.2, 0.25) is 0 Å². The molecule has 1 rings (SSSR count). The van der Waals surface area contributed by atoms with Crippen molar-refractivity contribution >= 4 is 19.7 Å². The van der Waals surface area contributed by atoms with Crippen molar-refractivity contribution in [3.63, 3.8) is 0 Å². The van der Waals surface area contributed by atoms with Gasteiger partial charge in [-0.2, -0.15) is 0 Å². The highest BCUT2D eigenvalue weighted by Gasteiger charge is 2.24. The predicted octanol–water partition coefficient (Wildman–Crippen LogP) is 5.21. The third kappa shape index (κ3) is 7.21. The first-order valence-electron chi connectivity index (χ1n) is 8.83. The van der Waals surface area contributed by atoms with Crippen molar-refractivity contribution in [2.24, 2.45) is 0 Å². The molecule has 0 amide bonds. The topological polar surface area (TPSA) is 40.5 Å². The summed E-state index contributed by atoms with van der Waals surface area (Å²) in [4.78, 5) is 13.6. The third-order valence-electron chi connectivity index (χ3n) is 4.00. The Balaban J connectivity index is 2.94. The minimum Gasteiger partial charge on any atom is -0.481 e. The van der Waals surface area contributed by atoms with Crippen molar-refractivity contribution in [3.05, 3.63) is 29.8 Å². The zero-order chi connectivity index (χ0) is 17.5. The van der Waals surface area contributed by atoms with Gasteiger partial charge in [-0.15, -0.1) is 0 Å². The van der Waals surface area contributed by atoms with Gasteiger partial charge in [-0.3, -0.25) is 4.79 Å². The Hall–Kier alpha value is -1.29. The van der Waals surface area contributed by atoms with Gasteiger partial charge in [-0.05, 0) is 36.5 Å². The molecule has 0 spiro atoms. The van der Waals surface area contributed by atoms with E-state index in [4.69, 9.17) is 0 Å². The van der Waals surface area contributed by atoms with Crippen LogP contribution < -0.4 is 4.90 Å². The molecule has 0 fully saturated rings. The van der Waals surface area contributed by atoms with Crippen molar-refractivity contribution in [2.75, 3.05) is 18.0 Å². The number of carbonyl (C=O) groups is 1. The van der Waals surface area contributed by atoms with Crippen LogP contribution in [0.15, 0.2) is 24.3 Å². The maximum Gasteiger partial charge on any atom is 0.303 e. The highest BCUT2D eigenvalue weighted by Crippen LogP contribution is 2.31. The first kappa shape index (κ1) is 19.8. The lowest BCUT2D eigenvalue weighted by Crippen LogP contribution is -2.25. The highest BCUT2D eigenvalue weighted by atomic mass is 28.3. The smallest absolute Gasteiger partial charge is 0.303 e. The second-order valence-corrected chi connectivity index (χ2v) is 13.2. The third-order valence-corrected chi connectivity index (χ3v) is 5.71. The fourth-order valence-corrected chi connectivity index (χ4v) is 4.98. The van der Waals surface area contributed by atoms with Gasteiger partial charge in [-0.25, -0.2) is 0 Å². The van der Waals surface area contributed by atoms with E-state index in [0.717, 1.165) is 32.0 Å². The van der Waals surface area contributed by atoms with Crippen LogP contribution in [-0.2, 0) is 4.79 Å². The van der Waals surface area contributed by atoms with E-state index in [1.54, 1.807) is 0 Å². The Labute approximate surface area is 142 Å². The van der Waals surface area contributed by atoms with E-state index in [9.17, 15) is 9.90 Å². The molecule has 1 unspecified atom stereocenters. The van der Waals surface area contributed by atoms with Crippen LogP contribution in [0.1, 0.15) is 44.6 Å². The molecule has 0 heterocycles. The highest BCUT2D eigenvalue weighted by molar-refractivity contribution is 6.76. The zero-order valence-electron chi connectivity index (χ0n) is 15.4. The van der Waals surface area contributed by atoms with Crippen LogP contribution in [0.25, 0.3) is 0 Å². The molecule has 1 aromatic rings. The van der Waals surface area contributed by atoms with Gasteiger partial charge in [0, 0.05) is 26.9 Å². The molecule has 0 aliphatic heterocycles. The minimum absolute atomic E-state index is 0.138. The Kier molecular flexibility index (Phi) is 7.83. The van der Waals surface area contributed by atoms with Crippen molar-refractivity contribution in [2.45, 2.75) is 64.7 Å². The first-order chi connectivity index (χ1) is 10.8. The Morgan fingerprint density at radius 1 is 1.09 bits per heavy atom. The minimum atomic E-state index is -1.30. The lowest BCUT2D eigenvalue weighted by atomic mass is 9.97. The summed E-state index contributed by atoms with van der Waals surface area (Å²) in [6.07, 6.45) is 2.51. The fraction of sp³-hybridized carbons (Fsp3) is 0.632. The molecule has 0 aliphatic carbocycles. The number of carboxylic acids is 1. The normalized spacial score (nSPS) is 12.9. The number of hydrogen-bond acceptors (Lipinski definition) is 2.